The van der Waals surface area contributed by atoms with E-state index in [-0.39, 0.29) is 24.4 Å². The van der Waals surface area contributed by atoms with E-state index < -0.39 is 5.97 Å². The molecule has 6 nitrogen and oxygen atoms in total. The molecule has 0 saturated heterocycles. The molecule has 6 heteroatoms. The van der Waals surface area contributed by atoms with Crippen molar-refractivity contribution in [3.05, 3.63) is 35.4 Å². The molecule has 0 saturated carbocycles. The van der Waals surface area contributed by atoms with Gasteiger partial charge in [0.05, 0.1) is 0 Å². The first-order valence-corrected chi connectivity index (χ1v) is 6.77. The van der Waals surface area contributed by atoms with Gasteiger partial charge < -0.3 is 15.3 Å². The Morgan fingerprint density at radius 2 is 1.67 bits per heavy atom. The summed E-state index contributed by atoms with van der Waals surface area (Å²) in [6.07, 6.45) is 0. The van der Waals surface area contributed by atoms with Gasteiger partial charge in [-0.1, -0.05) is 0 Å². The number of amides is 2. The van der Waals surface area contributed by atoms with Crippen molar-refractivity contribution in [1.82, 2.24) is 10.2 Å². The molecule has 0 radical (unpaired) electrons. The molecule has 0 bridgehead atoms. The first-order chi connectivity index (χ1) is 9.85. The normalized spacial score (nSPS) is 10.3. The van der Waals surface area contributed by atoms with Gasteiger partial charge in [-0.15, -0.1) is 0 Å². The standard InChI is InChI=1S/C15H20N2O4/c1-4-17(9-13(18)19)15(21)12-7-5-11(6-8-12)14(20)16-10(2)3/h5-8,10H,4,9H2,1-3H3,(H,16,20)(H,18,19). The van der Waals surface area contributed by atoms with E-state index in [1.54, 1.807) is 19.1 Å². The van der Waals surface area contributed by atoms with Crippen molar-refractivity contribution in [3.8, 4) is 0 Å². The number of carboxylic acid groups (broad SMARTS) is 1. The van der Waals surface area contributed by atoms with Crippen molar-refractivity contribution in [2.45, 2.75) is 26.8 Å². The van der Waals surface area contributed by atoms with Crippen LogP contribution in [0.3, 0.4) is 0 Å². The van der Waals surface area contributed by atoms with E-state index in [0.29, 0.717) is 17.7 Å². The molecule has 1 aromatic rings. The van der Waals surface area contributed by atoms with E-state index in [9.17, 15) is 14.4 Å². The zero-order valence-electron chi connectivity index (χ0n) is 12.4. The number of hydrogen-bond acceptors (Lipinski definition) is 3. The van der Waals surface area contributed by atoms with Crippen LogP contribution in [0.25, 0.3) is 0 Å². The minimum absolute atomic E-state index is 0.0324. The third kappa shape index (κ3) is 4.91. The number of carbonyl (C=O) groups is 3. The maximum atomic E-state index is 12.1. The van der Waals surface area contributed by atoms with Crippen LogP contribution in [0, 0.1) is 0 Å². The highest BCUT2D eigenvalue weighted by Gasteiger charge is 2.17. The molecule has 0 spiro atoms. The van der Waals surface area contributed by atoms with E-state index in [4.69, 9.17) is 5.11 Å². The van der Waals surface area contributed by atoms with E-state index in [1.807, 2.05) is 13.8 Å². The van der Waals surface area contributed by atoms with Crippen LogP contribution in [0.4, 0.5) is 0 Å². The van der Waals surface area contributed by atoms with Crippen molar-refractivity contribution in [2.24, 2.45) is 0 Å². The summed E-state index contributed by atoms with van der Waals surface area (Å²) in [5.41, 5.74) is 0.820. The van der Waals surface area contributed by atoms with Crippen molar-refractivity contribution >= 4 is 17.8 Å². The first-order valence-electron chi connectivity index (χ1n) is 6.77. The van der Waals surface area contributed by atoms with Crippen LogP contribution in [0.15, 0.2) is 24.3 Å². The lowest BCUT2D eigenvalue weighted by Gasteiger charge is -2.18. The third-order valence-corrected chi connectivity index (χ3v) is 2.81. The van der Waals surface area contributed by atoms with Crippen LogP contribution in [0.2, 0.25) is 0 Å². The number of carboxylic acids is 1. The number of nitrogens with zero attached hydrogens (tertiary/aromatic N) is 1. The molecule has 0 unspecified atom stereocenters. The number of carbonyl (C=O) groups excluding carboxylic acids is 2. The quantitative estimate of drug-likeness (QED) is 0.829. The van der Waals surface area contributed by atoms with Gasteiger partial charge in [0.25, 0.3) is 11.8 Å². The van der Waals surface area contributed by atoms with Crippen LogP contribution in [0.5, 0.6) is 0 Å². The van der Waals surface area contributed by atoms with Gasteiger partial charge in [-0.3, -0.25) is 14.4 Å². The predicted octanol–water partition coefficient (Wildman–Crippen LogP) is 1.37. The van der Waals surface area contributed by atoms with Crippen LogP contribution >= 0.6 is 0 Å². The van der Waals surface area contributed by atoms with Gasteiger partial charge in [-0.05, 0) is 45.0 Å². The Morgan fingerprint density at radius 1 is 1.14 bits per heavy atom. The van der Waals surface area contributed by atoms with Crippen molar-refractivity contribution < 1.29 is 19.5 Å². The van der Waals surface area contributed by atoms with Gasteiger partial charge in [0.15, 0.2) is 0 Å². The molecule has 2 amide bonds. The predicted molar refractivity (Wildman–Crippen MR) is 78.3 cm³/mol. The molecule has 1 rings (SSSR count). The molecule has 0 aliphatic rings. The van der Waals surface area contributed by atoms with Gasteiger partial charge >= 0.3 is 5.97 Å². The van der Waals surface area contributed by atoms with Gasteiger partial charge in [0.2, 0.25) is 0 Å². The summed E-state index contributed by atoms with van der Waals surface area (Å²) in [6, 6.07) is 6.20. The summed E-state index contributed by atoms with van der Waals surface area (Å²) in [6.45, 7) is 5.40. The number of likely N-dealkylation sites (N-methyl/N-ethyl adjacent to an activating group) is 1. The molecule has 114 valence electrons. The fraction of sp³-hybridized carbons (Fsp3) is 0.400. The molecule has 0 fully saturated rings. The summed E-state index contributed by atoms with van der Waals surface area (Å²) < 4.78 is 0. The molecule has 0 atom stereocenters. The number of aliphatic carboxylic acids is 1. The molecule has 0 aliphatic heterocycles. The maximum absolute atomic E-state index is 12.1. The average Bonchev–Trinajstić information content (AvgIpc) is 2.43. The average molecular weight is 292 g/mol. The monoisotopic (exact) mass is 292 g/mol. The number of rotatable bonds is 6. The van der Waals surface area contributed by atoms with E-state index in [0.717, 1.165) is 0 Å². The Hall–Kier alpha value is -2.37. The first kappa shape index (κ1) is 16.7. The zero-order valence-corrected chi connectivity index (χ0v) is 12.4. The molecule has 0 heterocycles. The summed E-state index contributed by atoms with van der Waals surface area (Å²) in [5.74, 6) is -1.63. The van der Waals surface area contributed by atoms with Gasteiger partial charge in [-0.25, -0.2) is 0 Å². The molecule has 0 aliphatic carbocycles. The smallest absolute Gasteiger partial charge is 0.323 e. The Bertz CT molecular complexity index is 523. The van der Waals surface area contributed by atoms with Crippen LogP contribution in [-0.4, -0.2) is 46.9 Å². The lowest BCUT2D eigenvalue weighted by molar-refractivity contribution is -0.137. The van der Waals surface area contributed by atoms with Gasteiger partial charge in [0.1, 0.15) is 6.54 Å². The van der Waals surface area contributed by atoms with E-state index >= 15 is 0 Å². The largest absolute Gasteiger partial charge is 0.480 e. The zero-order chi connectivity index (χ0) is 16.0. The van der Waals surface area contributed by atoms with Gasteiger partial charge in [0, 0.05) is 23.7 Å². The lowest BCUT2D eigenvalue weighted by Crippen LogP contribution is -2.35. The second-order valence-electron chi connectivity index (χ2n) is 4.92. The fourth-order valence-corrected chi connectivity index (χ4v) is 1.78. The van der Waals surface area contributed by atoms with Gasteiger partial charge in [-0.2, -0.15) is 0 Å². The second-order valence-corrected chi connectivity index (χ2v) is 4.92. The SMILES string of the molecule is CCN(CC(=O)O)C(=O)c1ccc(C(=O)NC(C)C)cc1. The number of hydrogen-bond donors (Lipinski definition) is 2. The second kappa shape index (κ2) is 7.42. The Kier molecular flexibility index (Phi) is 5.90. The van der Waals surface area contributed by atoms with E-state index in [2.05, 4.69) is 5.32 Å². The minimum Gasteiger partial charge on any atom is -0.480 e. The molecule has 1 aromatic carbocycles. The topological polar surface area (TPSA) is 86.7 Å². The van der Waals surface area contributed by atoms with Crippen LogP contribution < -0.4 is 5.32 Å². The molecular formula is C15H20N2O4. The fourth-order valence-electron chi connectivity index (χ4n) is 1.78. The maximum Gasteiger partial charge on any atom is 0.323 e. The summed E-state index contributed by atoms with van der Waals surface area (Å²) in [7, 11) is 0. The van der Waals surface area contributed by atoms with Crippen LogP contribution in [-0.2, 0) is 4.79 Å². The Morgan fingerprint density at radius 3 is 2.10 bits per heavy atom. The molecular weight excluding hydrogens is 272 g/mol. The minimum atomic E-state index is -1.06. The number of nitrogens with one attached hydrogen (secondary N) is 1. The third-order valence-electron chi connectivity index (χ3n) is 2.81. The lowest BCUT2D eigenvalue weighted by atomic mass is 10.1. The summed E-state index contributed by atoms with van der Waals surface area (Å²) in [5, 5.41) is 11.5. The highest BCUT2D eigenvalue weighted by Crippen LogP contribution is 2.08. The van der Waals surface area contributed by atoms with E-state index in [1.165, 1.54) is 17.0 Å². The van der Waals surface area contributed by atoms with Crippen molar-refractivity contribution in [3.63, 3.8) is 0 Å². The Balaban J connectivity index is 2.83. The van der Waals surface area contributed by atoms with Crippen molar-refractivity contribution in [1.29, 1.82) is 0 Å². The number of benzene rings is 1. The molecule has 21 heavy (non-hydrogen) atoms. The molecule has 2 N–H and O–H groups in total. The Labute approximate surface area is 123 Å². The molecule has 0 aromatic heterocycles. The highest BCUT2D eigenvalue weighted by atomic mass is 16.4. The summed E-state index contributed by atoms with van der Waals surface area (Å²) >= 11 is 0. The summed E-state index contributed by atoms with van der Waals surface area (Å²) in [4.78, 5) is 35.9. The highest BCUT2D eigenvalue weighted by molar-refractivity contribution is 5.98. The van der Waals surface area contributed by atoms with Crippen LogP contribution in [0.1, 0.15) is 41.5 Å². The van der Waals surface area contributed by atoms with Crippen molar-refractivity contribution in [2.75, 3.05) is 13.1 Å².